The molecule has 0 saturated heterocycles. The molecule has 2 aromatic heterocycles. The van der Waals surface area contributed by atoms with E-state index in [1.165, 1.54) is 12.1 Å². The van der Waals surface area contributed by atoms with Crippen molar-refractivity contribution in [1.29, 1.82) is 0 Å². The first kappa shape index (κ1) is 20.7. The van der Waals surface area contributed by atoms with Gasteiger partial charge in [0, 0.05) is 50.8 Å². The fourth-order valence-electron chi connectivity index (χ4n) is 4.19. The molecular weight excluding hydrogens is 433 g/mol. The lowest BCUT2D eigenvalue weighted by Gasteiger charge is -2.29. The van der Waals surface area contributed by atoms with Gasteiger partial charge in [-0.05, 0) is 41.4 Å². The van der Waals surface area contributed by atoms with E-state index in [1.807, 2.05) is 4.90 Å². The number of nitrogens with zero attached hydrogens (tertiary/aromatic N) is 4. The Balaban J connectivity index is 1.48. The van der Waals surface area contributed by atoms with E-state index in [2.05, 4.69) is 20.3 Å². The number of Topliss-reactive ketones (excluding diaryl/α,β-unsaturated/α-hetero) is 1. The standard InChI is InChI=1S/C23H19ClFN5O2/c24-23-28-18-5-8-26-11-16(18)20(29-23)21(32)15-10-13(3-4-17(15)25)12-30-9-6-19(31)14-2-1-7-27-22(14)30/h1-4,7,10,26H,5-6,8-9,11-12H2. The topological polar surface area (TPSA) is 88.1 Å². The van der Waals surface area contributed by atoms with Gasteiger partial charge in [0.1, 0.15) is 17.3 Å². The molecule has 32 heavy (non-hydrogen) atoms. The summed E-state index contributed by atoms with van der Waals surface area (Å²) in [6.07, 6.45) is 2.64. The van der Waals surface area contributed by atoms with Crippen LogP contribution in [0.4, 0.5) is 10.2 Å². The maximum Gasteiger partial charge on any atom is 0.223 e. The zero-order chi connectivity index (χ0) is 22.2. The fraction of sp³-hybridized carbons (Fsp3) is 0.261. The minimum Gasteiger partial charge on any atom is -0.351 e. The first-order valence-corrected chi connectivity index (χ1v) is 10.7. The number of nitrogens with one attached hydrogen (secondary N) is 1. The van der Waals surface area contributed by atoms with Crippen molar-refractivity contribution in [2.45, 2.75) is 25.9 Å². The zero-order valence-electron chi connectivity index (χ0n) is 17.1. The number of halogens is 2. The van der Waals surface area contributed by atoms with Crippen molar-refractivity contribution in [3.63, 3.8) is 0 Å². The fourth-order valence-corrected chi connectivity index (χ4v) is 4.38. The van der Waals surface area contributed by atoms with Gasteiger partial charge in [-0.25, -0.2) is 19.3 Å². The molecule has 0 unspecified atom stereocenters. The Labute approximate surface area is 188 Å². The predicted molar refractivity (Wildman–Crippen MR) is 117 cm³/mol. The Morgan fingerprint density at radius 1 is 1.22 bits per heavy atom. The summed E-state index contributed by atoms with van der Waals surface area (Å²) in [7, 11) is 0. The van der Waals surface area contributed by atoms with Crippen molar-refractivity contribution in [3.05, 3.63) is 81.3 Å². The molecule has 0 saturated carbocycles. The molecular formula is C23H19ClFN5O2. The highest BCUT2D eigenvalue weighted by Crippen LogP contribution is 2.27. The van der Waals surface area contributed by atoms with E-state index in [1.54, 1.807) is 24.4 Å². The summed E-state index contributed by atoms with van der Waals surface area (Å²) >= 11 is 6.04. The number of benzene rings is 1. The highest BCUT2D eigenvalue weighted by molar-refractivity contribution is 6.28. The molecule has 0 fully saturated rings. The molecule has 0 aliphatic carbocycles. The minimum atomic E-state index is -0.627. The third kappa shape index (κ3) is 3.76. The monoisotopic (exact) mass is 451 g/mol. The largest absolute Gasteiger partial charge is 0.351 e. The van der Waals surface area contributed by atoms with Crippen LogP contribution in [0.2, 0.25) is 5.28 Å². The molecule has 0 atom stereocenters. The van der Waals surface area contributed by atoms with Crippen molar-refractivity contribution in [3.8, 4) is 0 Å². The Hall–Kier alpha value is -3.23. The lowest BCUT2D eigenvalue weighted by atomic mass is 9.97. The number of rotatable bonds is 4. The van der Waals surface area contributed by atoms with Gasteiger partial charge in [-0.15, -0.1) is 0 Å². The molecule has 1 aromatic carbocycles. The number of aromatic nitrogens is 3. The summed E-state index contributed by atoms with van der Waals surface area (Å²) < 4.78 is 14.7. The van der Waals surface area contributed by atoms with Crippen molar-refractivity contribution in [1.82, 2.24) is 20.3 Å². The number of carbonyl (C=O) groups excluding carboxylic acids is 2. The van der Waals surface area contributed by atoms with Crippen molar-refractivity contribution in [2.75, 3.05) is 18.0 Å². The van der Waals surface area contributed by atoms with Crippen LogP contribution >= 0.6 is 11.6 Å². The average molecular weight is 452 g/mol. The normalized spacial score (nSPS) is 15.3. The van der Waals surface area contributed by atoms with E-state index in [-0.39, 0.29) is 22.3 Å². The number of hydrogen-bond donors (Lipinski definition) is 1. The molecule has 7 nitrogen and oxygen atoms in total. The van der Waals surface area contributed by atoms with Crippen LogP contribution in [0, 0.1) is 5.82 Å². The predicted octanol–water partition coefficient (Wildman–Crippen LogP) is 3.13. The maximum absolute atomic E-state index is 14.7. The number of fused-ring (bicyclic) bond motifs is 2. The molecule has 0 amide bonds. The molecule has 0 radical (unpaired) electrons. The molecule has 1 N–H and O–H groups in total. The van der Waals surface area contributed by atoms with E-state index < -0.39 is 11.6 Å². The Bertz CT molecular complexity index is 1250. The van der Waals surface area contributed by atoms with Gasteiger partial charge in [-0.2, -0.15) is 0 Å². The molecule has 3 aromatic rings. The minimum absolute atomic E-state index is 0.0220. The average Bonchev–Trinajstić information content (AvgIpc) is 2.81. The van der Waals surface area contributed by atoms with Gasteiger partial charge < -0.3 is 10.2 Å². The van der Waals surface area contributed by atoms with Crippen LogP contribution in [0.3, 0.4) is 0 Å². The summed E-state index contributed by atoms with van der Waals surface area (Å²) in [5.41, 5.74) is 2.73. The quantitative estimate of drug-likeness (QED) is 0.481. The van der Waals surface area contributed by atoms with Gasteiger partial charge in [-0.1, -0.05) is 6.07 Å². The number of hydrogen-bond acceptors (Lipinski definition) is 7. The van der Waals surface area contributed by atoms with E-state index in [0.29, 0.717) is 55.1 Å². The van der Waals surface area contributed by atoms with Crippen LogP contribution in [0.15, 0.2) is 36.5 Å². The first-order chi connectivity index (χ1) is 15.5. The number of anilines is 1. The maximum atomic E-state index is 14.7. The lowest BCUT2D eigenvalue weighted by molar-refractivity contribution is 0.0978. The third-order valence-electron chi connectivity index (χ3n) is 5.77. The smallest absolute Gasteiger partial charge is 0.223 e. The second kappa shape index (κ2) is 8.37. The first-order valence-electron chi connectivity index (χ1n) is 10.3. The number of carbonyl (C=O) groups is 2. The highest BCUT2D eigenvalue weighted by atomic mass is 35.5. The third-order valence-corrected chi connectivity index (χ3v) is 5.93. The van der Waals surface area contributed by atoms with Crippen molar-refractivity contribution >= 4 is 29.0 Å². The van der Waals surface area contributed by atoms with Crippen LogP contribution in [-0.4, -0.2) is 39.6 Å². The van der Waals surface area contributed by atoms with E-state index in [4.69, 9.17) is 11.6 Å². The van der Waals surface area contributed by atoms with E-state index in [0.717, 1.165) is 12.1 Å². The van der Waals surface area contributed by atoms with E-state index >= 15 is 0 Å². The number of pyridine rings is 1. The second-order valence-electron chi connectivity index (χ2n) is 7.81. The van der Waals surface area contributed by atoms with Crippen LogP contribution < -0.4 is 10.2 Å². The molecule has 0 bridgehead atoms. The van der Waals surface area contributed by atoms with Gasteiger partial charge in [0.25, 0.3) is 0 Å². The molecule has 4 heterocycles. The SMILES string of the molecule is O=C1CCN(Cc2ccc(F)c(C(=O)c3nc(Cl)nc4c3CNCC4)c2)c2ncccc21. The molecule has 9 heteroatoms. The molecule has 2 aliphatic heterocycles. The molecule has 162 valence electrons. The zero-order valence-corrected chi connectivity index (χ0v) is 17.8. The molecule has 0 spiro atoms. The van der Waals surface area contributed by atoms with Crippen molar-refractivity contribution < 1.29 is 14.0 Å². The summed E-state index contributed by atoms with van der Waals surface area (Å²) in [5, 5.41) is 3.17. The Kier molecular flexibility index (Phi) is 5.40. The number of ketones is 2. The van der Waals surface area contributed by atoms with Gasteiger partial charge in [-0.3, -0.25) is 9.59 Å². The summed E-state index contributed by atoms with van der Waals surface area (Å²) in [5.74, 6) is -0.499. The summed E-state index contributed by atoms with van der Waals surface area (Å²) in [4.78, 5) is 40.1. The molecule has 5 rings (SSSR count). The van der Waals surface area contributed by atoms with Gasteiger partial charge >= 0.3 is 0 Å². The molecule has 2 aliphatic rings. The van der Waals surface area contributed by atoms with Crippen LogP contribution in [0.1, 0.15) is 49.7 Å². The van der Waals surface area contributed by atoms with Crippen LogP contribution in [-0.2, 0) is 19.5 Å². The summed E-state index contributed by atoms with van der Waals surface area (Å²) in [6, 6.07) is 7.94. The van der Waals surface area contributed by atoms with Gasteiger partial charge in [0.2, 0.25) is 11.1 Å². The second-order valence-corrected chi connectivity index (χ2v) is 8.14. The lowest BCUT2D eigenvalue weighted by Crippen LogP contribution is -2.32. The van der Waals surface area contributed by atoms with Gasteiger partial charge in [0.15, 0.2) is 5.78 Å². The van der Waals surface area contributed by atoms with Crippen LogP contribution in [0.25, 0.3) is 0 Å². The van der Waals surface area contributed by atoms with Crippen LogP contribution in [0.5, 0.6) is 0 Å². The van der Waals surface area contributed by atoms with Gasteiger partial charge in [0.05, 0.1) is 16.8 Å². The Morgan fingerprint density at radius 2 is 2.09 bits per heavy atom. The summed E-state index contributed by atoms with van der Waals surface area (Å²) in [6.45, 7) is 2.05. The van der Waals surface area contributed by atoms with E-state index in [9.17, 15) is 14.0 Å². The highest BCUT2D eigenvalue weighted by Gasteiger charge is 2.27. The van der Waals surface area contributed by atoms with Crippen molar-refractivity contribution in [2.24, 2.45) is 0 Å². The Morgan fingerprint density at radius 3 is 2.97 bits per heavy atom.